The third kappa shape index (κ3) is 12.3. The highest BCUT2D eigenvalue weighted by atomic mass is 16.3. The van der Waals surface area contributed by atoms with Crippen molar-refractivity contribution in [2.75, 3.05) is 19.6 Å². The minimum Gasteiger partial charge on any atom is -0.456 e. The van der Waals surface area contributed by atoms with Crippen LogP contribution < -0.4 is 19.6 Å². The quantitative estimate of drug-likeness (QED) is 0.112. The van der Waals surface area contributed by atoms with Crippen molar-refractivity contribution < 1.29 is 17.7 Å². The lowest BCUT2D eigenvalue weighted by Gasteiger charge is -2.30. The van der Waals surface area contributed by atoms with E-state index < -0.39 is 0 Å². The predicted molar refractivity (Wildman–Crippen MR) is 576 cm³/mol. The van der Waals surface area contributed by atoms with Gasteiger partial charge >= 0.3 is 0 Å². The van der Waals surface area contributed by atoms with Crippen molar-refractivity contribution in [2.45, 2.75) is 52.4 Å². The third-order valence-corrected chi connectivity index (χ3v) is 28.6. The Balaban J connectivity index is 0.000000139. The van der Waals surface area contributed by atoms with Crippen LogP contribution in [0.5, 0.6) is 0 Å². The summed E-state index contributed by atoms with van der Waals surface area (Å²) in [7, 11) is 0. The first-order valence-electron chi connectivity index (χ1n) is 47.0. The van der Waals surface area contributed by atoms with Crippen molar-refractivity contribution in [3.05, 3.63) is 436 Å². The molecular formula is C128H88N4O4. The Labute approximate surface area is 783 Å². The normalized spacial score (nSPS) is 12.3. The number of fused-ring (bicyclic) bond motifs is 20. The molecule has 0 radical (unpaired) electrons. The van der Waals surface area contributed by atoms with Gasteiger partial charge in [0.05, 0.1) is 34.1 Å². The summed E-state index contributed by atoms with van der Waals surface area (Å²) in [6.07, 6.45) is 0. The first-order valence-corrected chi connectivity index (χ1v) is 47.0. The van der Waals surface area contributed by atoms with Gasteiger partial charge in [0.25, 0.3) is 0 Å². The van der Waals surface area contributed by atoms with Gasteiger partial charge in [-0.25, -0.2) is 0 Å². The number of benzene rings is 24. The summed E-state index contributed by atoms with van der Waals surface area (Å²) in [5.74, 6) is 0. The Kier molecular flexibility index (Phi) is 17.4. The lowest BCUT2D eigenvalue weighted by molar-refractivity contribution is 0.590. The molecule has 28 rings (SSSR count). The maximum Gasteiger partial charge on any atom is 0.159 e. The Bertz CT molecular complexity index is 9210. The summed E-state index contributed by atoms with van der Waals surface area (Å²) < 4.78 is 27.3. The molecule has 0 bridgehead atoms. The van der Waals surface area contributed by atoms with Crippen LogP contribution in [0.2, 0.25) is 0 Å². The van der Waals surface area contributed by atoms with E-state index in [2.05, 4.69) is 486 Å². The second-order valence-electron chi connectivity index (χ2n) is 38.5. The summed E-state index contributed by atoms with van der Waals surface area (Å²) in [4.78, 5) is 9.62. The van der Waals surface area contributed by atoms with Crippen LogP contribution in [0.25, 0.3) is 195 Å². The van der Waals surface area contributed by atoms with Gasteiger partial charge in [-0.05, 0) is 242 Å². The zero-order valence-corrected chi connectivity index (χ0v) is 75.8. The van der Waals surface area contributed by atoms with E-state index in [0.29, 0.717) is 0 Å². The molecule has 0 amide bonds. The number of para-hydroxylation sites is 4. The molecule has 8 nitrogen and oxygen atoms in total. The van der Waals surface area contributed by atoms with Gasteiger partial charge in [0, 0.05) is 111 Å². The van der Waals surface area contributed by atoms with E-state index in [4.69, 9.17) is 17.7 Å². The molecule has 0 aliphatic rings. The number of hydrogen-bond donors (Lipinski definition) is 0. The molecule has 0 fully saturated rings. The fourth-order valence-electron chi connectivity index (χ4n) is 22.2. The van der Waals surface area contributed by atoms with Gasteiger partial charge in [0.1, 0.15) is 33.5 Å². The van der Waals surface area contributed by atoms with Crippen LogP contribution in [-0.2, 0) is 10.8 Å². The van der Waals surface area contributed by atoms with E-state index in [1.165, 1.54) is 108 Å². The molecule has 0 saturated carbocycles. The van der Waals surface area contributed by atoms with Gasteiger partial charge in [0.15, 0.2) is 11.2 Å². The monoisotopic (exact) mass is 1740 g/mol. The average molecular weight is 1750 g/mol. The van der Waals surface area contributed by atoms with Crippen LogP contribution in [0.1, 0.15) is 52.7 Å². The van der Waals surface area contributed by atoms with Crippen molar-refractivity contribution in [3.63, 3.8) is 0 Å². The van der Waals surface area contributed by atoms with Crippen LogP contribution in [0.3, 0.4) is 0 Å². The van der Waals surface area contributed by atoms with Crippen LogP contribution in [0, 0.1) is 0 Å². The van der Waals surface area contributed by atoms with E-state index in [-0.39, 0.29) is 10.8 Å². The minimum absolute atomic E-state index is 0.0657. The average Bonchev–Trinajstić information content (AvgIpc) is 1.06. The maximum absolute atomic E-state index is 7.01. The first-order chi connectivity index (χ1) is 66.7. The SMILES string of the molecule is CC(C)(C)c1cccc(N(c2ccc3ccc4c(N(c5cccc(C(C)(C)C)c5)c5cccc6c5oc5ccc7ccccc7c56)ccc5ccc2c3c54)c2cccc3c2oc2ccc4ccccc4c23)c1.c1ccc(N(c2ccc3c(c2)oc2ccc4ccccc4c23)c2ccc3ccc4c(N(c5ccccc5)c5ccc6c(c5)oc5ccc7ccccc7c56)ccc5ccc2c3c54)cc1. The molecule has 0 aliphatic carbocycles. The minimum atomic E-state index is -0.0657. The van der Waals surface area contributed by atoms with Crippen molar-refractivity contribution in [3.8, 4) is 0 Å². The molecule has 0 N–H and O–H groups in total. The van der Waals surface area contributed by atoms with Gasteiger partial charge in [-0.3, -0.25) is 0 Å². The standard InChI is InChI=1S/C68H52N2O2.C60H36N2O2/c1-67(2,3)45-17-11-19-47(39-45)69(57-25-13-23-53-63-49-21-9-7-15-41(49)31-37-59(63)71-65(53)57)55-35-29-43-28-34-52-56(36-30-44-27-33-51(55)61(43)62(44)52)70(48-20-12-18-46(40-48)68(4,5)6)58-26-14-24-54-64-50-22-10-8-16-42(50)32-38-60(64)72-66(54)58;1-3-13-41(14-4-1)61(43-25-29-49-55(35-43)63-53-33-23-37-11-7-9-17-45(37)59(49)53)51-31-21-39-20-28-48-52(32-22-40-19-27-47(51)57(39)58(40)48)62(42-15-5-2-6-16-42)44-26-30-50-56(36-44)64-54-34-24-38-12-8-10-18-46(38)60(50)54/h7-40H,1-6H3;1-36H. The van der Waals surface area contributed by atoms with Crippen molar-refractivity contribution in [1.29, 1.82) is 0 Å². The van der Waals surface area contributed by atoms with Gasteiger partial charge in [-0.2, -0.15) is 0 Å². The highest BCUT2D eigenvalue weighted by Gasteiger charge is 2.31. The summed E-state index contributed by atoms with van der Waals surface area (Å²) >= 11 is 0. The van der Waals surface area contributed by atoms with E-state index in [1.807, 2.05) is 0 Å². The fraction of sp³-hybridized carbons (Fsp3) is 0.0625. The smallest absolute Gasteiger partial charge is 0.159 e. The second kappa shape index (κ2) is 30.2. The van der Waals surface area contributed by atoms with Crippen LogP contribution in [0.4, 0.5) is 68.2 Å². The lowest BCUT2D eigenvalue weighted by Crippen LogP contribution is -2.15. The molecule has 4 heterocycles. The van der Waals surface area contributed by atoms with Gasteiger partial charge in [0.2, 0.25) is 0 Å². The molecule has 0 spiro atoms. The number of anilines is 12. The van der Waals surface area contributed by atoms with Crippen LogP contribution in [0.15, 0.2) is 442 Å². The zero-order valence-electron chi connectivity index (χ0n) is 75.8. The van der Waals surface area contributed by atoms with Gasteiger partial charge in [-0.1, -0.05) is 321 Å². The summed E-state index contributed by atoms with van der Waals surface area (Å²) in [6, 6.07) is 154. The molecule has 0 atom stereocenters. The fourth-order valence-corrected chi connectivity index (χ4v) is 22.2. The lowest BCUT2D eigenvalue weighted by atomic mass is 9.86. The topological polar surface area (TPSA) is 65.5 Å². The van der Waals surface area contributed by atoms with Crippen LogP contribution >= 0.6 is 0 Å². The first kappa shape index (κ1) is 78.6. The maximum atomic E-state index is 7.01. The number of hydrogen-bond acceptors (Lipinski definition) is 8. The highest BCUT2D eigenvalue weighted by Crippen LogP contribution is 2.55. The van der Waals surface area contributed by atoms with E-state index in [9.17, 15) is 0 Å². The third-order valence-electron chi connectivity index (χ3n) is 28.6. The Hall–Kier alpha value is -17.2. The molecule has 644 valence electrons. The molecule has 136 heavy (non-hydrogen) atoms. The van der Waals surface area contributed by atoms with Gasteiger partial charge < -0.3 is 37.3 Å². The summed E-state index contributed by atoms with van der Waals surface area (Å²) in [5.41, 5.74) is 22.1. The molecule has 0 aliphatic heterocycles. The van der Waals surface area contributed by atoms with Crippen molar-refractivity contribution in [1.82, 2.24) is 0 Å². The van der Waals surface area contributed by atoms with E-state index in [1.54, 1.807) is 0 Å². The largest absolute Gasteiger partial charge is 0.456 e. The number of furan rings is 4. The molecule has 24 aromatic carbocycles. The Morgan fingerprint density at radius 2 is 0.419 bits per heavy atom. The molecule has 0 unspecified atom stereocenters. The molecule has 0 saturated heterocycles. The van der Waals surface area contributed by atoms with E-state index >= 15 is 0 Å². The van der Waals surface area contributed by atoms with Crippen molar-refractivity contribution in [2.24, 2.45) is 0 Å². The molecule has 8 heteroatoms. The second-order valence-corrected chi connectivity index (χ2v) is 38.5. The molecular weight excluding hydrogens is 1660 g/mol. The van der Waals surface area contributed by atoms with Crippen molar-refractivity contribution >= 4 is 264 Å². The molecule has 28 aromatic rings. The Morgan fingerprint density at radius 1 is 0.154 bits per heavy atom. The Morgan fingerprint density at radius 3 is 0.765 bits per heavy atom. The van der Waals surface area contributed by atoms with Crippen LogP contribution in [-0.4, -0.2) is 0 Å². The number of rotatable bonds is 12. The molecule has 4 aromatic heterocycles. The summed E-state index contributed by atoms with van der Waals surface area (Å²) in [6.45, 7) is 13.7. The van der Waals surface area contributed by atoms with E-state index in [0.717, 1.165) is 167 Å². The number of nitrogens with zero attached hydrogens (tertiary/aromatic N) is 4. The highest BCUT2D eigenvalue weighted by molar-refractivity contribution is 6.32. The summed E-state index contributed by atoms with van der Waals surface area (Å²) in [5, 5.41) is 33.0. The predicted octanol–water partition coefficient (Wildman–Crippen LogP) is 37.9. The van der Waals surface area contributed by atoms with Gasteiger partial charge in [-0.15, -0.1) is 0 Å². The zero-order chi connectivity index (χ0) is 90.5.